The van der Waals surface area contributed by atoms with E-state index < -0.39 is 0 Å². The van der Waals surface area contributed by atoms with Crippen LogP contribution in [0, 0.1) is 0 Å². The molecule has 2 rings (SSSR count). The van der Waals surface area contributed by atoms with Crippen molar-refractivity contribution in [2.75, 3.05) is 11.4 Å². The van der Waals surface area contributed by atoms with E-state index in [0.29, 0.717) is 13.0 Å². The van der Waals surface area contributed by atoms with Gasteiger partial charge in [-0.05, 0) is 24.5 Å². The van der Waals surface area contributed by atoms with Crippen LogP contribution < -0.4 is 10.6 Å². The van der Waals surface area contributed by atoms with Gasteiger partial charge in [0.25, 0.3) is 0 Å². The summed E-state index contributed by atoms with van der Waals surface area (Å²) in [4.78, 5) is 17.6. The van der Waals surface area contributed by atoms with E-state index >= 15 is 0 Å². The lowest BCUT2D eigenvalue weighted by molar-refractivity contribution is -0.119. The van der Waals surface area contributed by atoms with Crippen molar-refractivity contribution >= 4 is 11.6 Å². The molecule has 0 radical (unpaired) electrons. The van der Waals surface area contributed by atoms with Gasteiger partial charge in [-0.2, -0.15) is 0 Å². The summed E-state index contributed by atoms with van der Waals surface area (Å²) in [5.41, 5.74) is 7.38. The number of anilines is 1. The summed E-state index contributed by atoms with van der Waals surface area (Å²) in [6.07, 6.45) is 6.17. The number of carbonyl (C=O) groups excluding carboxylic acids is 1. The second-order valence-corrected chi connectivity index (χ2v) is 3.76. The highest BCUT2D eigenvalue weighted by Gasteiger charge is 2.19. The molecule has 1 aliphatic rings. The Kier molecular flexibility index (Phi) is 2.97. The Morgan fingerprint density at radius 3 is 3.00 bits per heavy atom. The molecular weight excluding hydrogens is 190 g/mol. The van der Waals surface area contributed by atoms with Crippen LogP contribution in [0.3, 0.4) is 0 Å². The Balaban J connectivity index is 2.23. The van der Waals surface area contributed by atoms with E-state index in [-0.39, 0.29) is 5.91 Å². The Hall–Kier alpha value is -1.42. The van der Waals surface area contributed by atoms with Gasteiger partial charge < -0.3 is 10.6 Å². The first kappa shape index (κ1) is 10.1. The first-order chi connectivity index (χ1) is 7.31. The highest BCUT2D eigenvalue weighted by molar-refractivity contribution is 5.93. The minimum absolute atomic E-state index is 0.192. The fraction of sp³-hybridized carbons (Fsp3) is 0.455. The lowest BCUT2D eigenvalue weighted by atomic mass is 10.1. The van der Waals surface area contributed by atoms with Gasteiger partial charge in [-0.25, -0.2) is 0 Å². The average molecular weight is 205 g/mol. The van der Waals surface area contributed by atoms with Gasteiger partial charge in [-0.15, -0.1) is 0 Å². The van der Waals surface area contributed by atoms with Gasteiger partial charge in [-0.1, -0.05) is 0 Å². The second-order valence-electron chi connectivity index (χ2n) is 3.76. The predicted octanol–water partition coefficient (Wildman–Crippen LogP) is 1.06. The third-order valence-electron chi connectivity index (χ3n) is 2.65. The highest BCUT2D eigenvalue weighted by Crippen LogP contribution is 2.20. The summed E-state index contributed by atoms with van der Waals surface area (Å²) >= 11 is 0. The van der Waals surface area contributed by atoms with Crippen LogP contribution in [0.25, 0.3) is 0 Å². The lowest BCUT2D eigenvalue weighted by Crippen LogP contribution is -2.35. The van der Waals surface area contributed by atoms with Gasteiger partial charge in [0, 0.05) is 25.7 Å². The zero-order valence-electron chi connectivity index (χ0n) is 8.65. The van der Waals surface area contributed by atoms with Crippen molar-refractivity contribution in [3.05, 3.63) is 24.0 Å². The molecule has 4 heteroatoms. The van der Waals surface area contributed by atoms with Gasteiger partial charge in [0.1, 0.15) is 0 Å². The maximum absolute atomic E-state index is 11.7. The molecule has 0 spiro atoms. The smallest absolute Gasteiger partial charge is 0.227 e. The molecule has 2 N–H and O–H groups in total. The monoisotopic (exact) mass is 205 g/mol. The Labute approximate surface area is 89.1 Å². The minimum Gasteiger partial charge on any atom is -0.326 e. The molecule has 0 unspecified atom stereocenters. The summed E-state index contributed by atoms with van der Waals surface area (Å²) in [7, 11) is 0. The number of nitrogens with zero attached hydrogens (tertiary/aromatic N) is 2. The topological polar surface area (TPSA) is 59.2 Å². The molecule has 1 saturated heterocycles. The van der Waals surface area contributed by atoms with Crippen molar-refractivity contribution in [2.24, 2.45) is 5.73 Å². The first-order valence-electron chi connectivity index (χ1n) is 5.25. The van der Waals surface area contributed by atoms with Crippen molar-refractivity contribution in [3.8, 4) is 0 Å². The second kappa shape index (κ2) is 4.40. The van der Waals surface area contributed by atoms with Gasteiger partial charge in [0.15, 0.2) is 0 Å². The molecule has 1 aromatic rings. The maximum atomic E-state index is 11.7. The van der Waals surface area contributed by atoms with Crippen LogP contribution in [0.15, 0.2) is 18.5 Å². The summed E-state index contributed by atoms with van der Waals surface area (Å²) in [5, 5.41) is 0. The number of aromatic nitrogens is 1. The van der Waals surface area contributed by atoms with E-state index in [1.54, 1.807) is 17.3 Å². The van der Waals surface area contributed by atoms with Gasteiger partial charge in [-0.3, -0.25) is 9.78 Å². The van der Waals surface area contributed by atoms with Crippen molar-refractivity contribution in [1.29, 1.82) is 0 Å². The third kappa shape index (κ3) is 2.15. The van der Waals surface area contributed by atoms with Crippen LogP contribution in [-0.4, -0.2) is 17.4 Å². The molecule has 1 aliphatic heterocycles. The molecule has 0 bridgehead atoms. The lowest BCUT2D eigenvalue weighted by Gasteiger charge is -2.26. The van der Waals surface area contributed by atoms with E-state index in [9.17, 15) is 4.79 Å². The van der Waals surface area contributed by atoms with Crippen LogP contribution in [0.2, 0.25) is 0 Å². The maximum Gasteiger partial charge on any atom is 0.227 e. The van der Waals surface area contributed by atoms with E-state index in [2.05, 4.69) is 4.98 Å². The van der Waals surface area contributed by atoms with Crippen LogP contribution in [0.5, 0.6) is 0 Å². The molecule has 0 saturated carbocycles. The Bertz CT molecular complexity index is 365. The molecule has 4 nitrogen and oxygen atoms in total. The zero-order valence-corrected chi connectivity index (χ0v) is 8.65. The highest BCUT2D eigenvalue weighted by atomic mass is 16.2. The Morgan fingerprint density at radius 1 is 1.40 bits per heavy atom. The quantitative estimate of drug-likeness (QED) is 0.785. The van der Waals surface area contributed by atoms with Gasteiger partial charge in [0.05, 0.1) is 11.9 Å². The summed E-state index contributed by atoms with van der Waals surface area (Å²) in [6.45, 7) is 1.26. The normalized spacial score (nSPS) is 16.9. The number of nitrogens with two attached hydrogens (primary N) is 1. The van der Waals surface area contributed by atoms with Crippen molar-refractivity contribution in [3.63, 3.8) is 0 Å². The number of pyridine rings is 1. The number of rotatable bonds is 2. The summed E-state index contributed by atoms with van der Waals surface area (Å²) in [5.74, 6) is 0.192. The zero-order chi connectivity index (χ0) is 10.7. The molecule has 0 aromatic carbocycles. The predicted molar refractivity (Wildman–Crippen MR) is 58.3 cm³/mol. The largest absolute Gasteiger partial charge is 0.326 e. The molecule has 1 amide bonds. The number of hydrogen-bond acceptors (Lipinski definition) is 3. The molecule has 80 valence electrons. The number of piperidine rings is 1. The van der Waals surface area contributed by atoms with Crippen LogP contribution in [0.1, 0.15) is 24.8 Å². The van der Waals surface area contributed by atoms with E-state index in [1.165, 1.54) is 0 Å². The fourth-order valence-corrected chi connectivity index (χ4v) is 1.81. The number of hydrogen-bond donors (Lipinski definition) is 1. The summed E-state index contributed by atoms with van der Waals surface area (Å²) in [6, 6.07) is 1.94. The van der Waals surface area contributed by atoms with E-state index in [1.807, 2.05) is 6.07 Å². The molecular formula is C11H15N3O. The molecule has 0 atom stereocenters. The van der Waals surface area contributed by atoms with Gasteiger partial charge in [0.2, 0.25) is 5.91 Å². The number of amides is 1. The molecule has 1 fully saturated rings. The summed E-state index contributed by atoms with van der Waals surface area (Å²) < 4.78 is 0. The van der Waals surface area contributed by atoms with E-state index in [0.717, 1.165) is 30.6 Å². The standard InChI is InChI=1S/C11H15N3O/c12-6-9-5-10(8-13-7-9)14-4-2-1-3-11(14)15/h5,7-8H,1-4,6,12H2. The van der Waals surface area contributed by atoms with E-state index in [4.69, 9.17) is 5.73 Å². The molecule has 0 aliphatic carbocycles. The third-order valence-corrected chi connectivity index (χ3v) is 2.65. The molecule has 1 aromatic heterocycles. The van der Waals surface area contributed by atoms with Crippen LogP contribution in [-0.2, 0) is 11.3 Å². The van der Waals surface area contributed by atoms with Crippen LogP contribution in [0.4, 0.5) is 5.69 Å². The van der Waals surface area contributed by atoms with Crippen molar-refractivity contribution in [1.82, 2.24) is 4.98 Å². The van der Waals surface area contributed by atoms with Gasteiger partial charge >= 0.3 is 0 Å². The van der Waals surface area contributed by atoms with Crippen molar-refractivity contribution in [2.45, 2.75) is 25.8 Å². The van der Waals surface area contributed by atoms with Crippen molar-refractivity contribution < 1.29 is 4.79 Å². The Morgan fingerprint density at radius 2 is 2.27 bits per heavy atom. The molecule has 15 heavy (non-hydrogen) atoms. The first-order valence-corrected chi connectivity index (χ1v) is 5.25. The molecule has 2 heterocycles. The average Bonchev–Trinajstić information content (AvgIpc) is 2.30. The number of carbonyl (C=O) groups is 1. The fourth-order valence-electron chi connectivity index (χ4n) is 1.81. The van der Waals surface area contributed by atoms with Crippen LogP contribution >= 0.6 is 0 Å². The SMILES string of the molecule is NCc1cncc(N2CCCCC2=O)c1. The minimum atomic E-state index is 0.192.